The van der Waals surface area contributed by atoms with Crippen LogP contribution < -0.4 is 15.4 Å². The van der Waals surface area contributed by atoms with Crippen LogP contribution in [0.2, 0.25) is 0 Å². The average Bonchev–Trinajstić information content (AvgIpc) is 3.39. The Balaban J connectivity index is 0.00000320. The van der Waals surface area contributed by atoms with Gasteiger partial charge in [-0.2, -0.15) is 0 Å². The van der Waals surface area contributed by atoms with E-state index in [0.29, 0.717) is 23.9 Å². The van der Waals surface area contributed by atoms with E-state index in [1.54, 1.807) is 30.6 Å². The predicted molar refractivity (Wildman–Crippen MR) is 127 cm³/mol. The minimum absolute atomic E-state index is 0. The molecule has 0 spiro atoms. The summed E-state index contributed by atoms with van der Waals surface area (Å²) >= 11 is 0. The summed E-state index contributed by atoms with van der Waals surface area (Å²) in [6.45, 7) is 6.72. The summed E-state index contributed by atoms with van der Waals surface area (Å²) in [6.07, 6.45) is 4.42. The quantitative estimate of drug-likeness (QED) is 0.237. The van der Waals surface area contributed by atoms with E-state index in [0.717, 1.165) is 43.7 Å². The lowest BCUT2D eigenvalue weighted by atomic mass is 10.2. The highest BCUT2D eigenvalue weighted by atomic mass is 127. The Morgan fingerprint density at radius 2 is 1.93 bits per heavy atom. The van der Waals surface area contributed by atoms with Crippen LogP contribution >= 0.6 is 24.0 Å². The Hall–Kier alpha value is -1.73. The number of aromatic nitrogens is 3. The molecule has 3 rings (SSSR count). The number of sulfonamides is 1. The van der Waals surface area contributed by atoms with Gasteiger partial charge in [-0.1, -0.05) is 19.1 Å². The SMILES string of the molecule is CCNC(=NCc1ccc(S(=O)(=O)NC2CC2)cc1)NCCn1cnnc1CC.I. The third-order valence-corrected chi connectivity index (χ3v) is 6.09. The molecular formula is C19H30IN7O2S. The van der Waals surface area contributed by atoms with Gasteiger partial charge in [0.15, 0.2) is 5.96 Å². The maximum atomic E-state index is 12.2. The van der Waals surface area contributed by atoms with Gasteiger partial charge in [0.05, 0.1) is 11.4 Å². The van der Waals surface area contributed by atoms with Crippen molar-refractivity contribution >= 4 is 40.0 Å². The van der Waals surface area contributed by atoms with E-state index in [9.17, 15) is 8.42 Å². The van der Waals surface area contributed by atoms with Gasteiger partial charge >= 0.3 is 0 Å². The highest BCUT2D eigenvalue weighted by Crippen LogP contribution is 2.22. The number of aliphatic imine (C=N–C) groups is 1. The van der Waals surface area contributed by atoms with E-state index in [4.69, 9.17) is 0 Å². The molecule has 1 aromatic carbocycles. The molecule has 1 fully saturated rings. The van der Waals surface area contributed by atoms with Crippen molar-refractivity contribution in [3.05, 3.63) is 42.0 Å². The third kappa shape index (κ3) is 7.20. The second-order valence-electron chi connectivity index (χ2n) is 6.96. The minimum atomic E-state index is -3.42. The molecule has 1 heterocycles. The van der Waals surface area contributed by atoms with E-state index in [-0.39, 0.29) is 30.0 Å². The van der Waals surface area contributed by atoms with Crippen molar-refractivity contribution in [2.45, 2.75) is 57.1 Å². The molecule has 0 atom stereocenters. The largest absolute Gasteiger partial charge is 0.357 e. The number of guanidine groups is 1. The smallest absolute Gasteiger partial charge is 0.240 e. The van der Waals surface area contributed by atoms with Gasteiger partial charge in [0, 0.05) is 32.1 Å². The standard InChI is InChI=1S/C19H29N7O2S.HI/c1-3-18-24-23-14-26(18)12-11-21-19(20-4-2)22-13-15-5-9-17(10-6-15)29(27,28)25-16-7-8-16;/h5-6,9-10,14,16,25H,3-4,7-8,11-13H2,1-2H3,(H2,20,21,22);1H. The van der Waals surface area contributed by atoms with E-state index in [2.05, 4.69) is 37.5 Å². The number of aryl methyl sites for hydroxylation is 1. The van der Waals surface area contributed by atoms with Crippen molar-refractivity contribution in [3.63, 3.8) is 0 Å². The first-order chi connectivity index (χ1) is 14.0. The molecule has 0 aliphatic heterocycles. The van der Waals surface area contributed by atoms with E-state index in [1.165, 1.54) is 0 Å². The van der Waals surface area contributed by atoms with Crippen molar-refractivity contribution in [1.29, 1.82) is 0 Å². The first kappa shape index (κ1) is 24.5. The Labute approximate surface area is 195 Å². The van der Waals surface area contributed by atoms with Crippen LogP contribution in [0, 0.1) is 0 Å². The monoisotopic (exact) mass is 547 g/mol. The highest BCUT2D eigenvalue weighted by Gasteiger charge is 2.27. The van der Waals surface area contributed by atoms with Crippen LogP contribution in [0.3, 0.4) is 0 Å². The third-order valence-electron chi connectivity index (χ3n) is 4.55. The molecule has 0 radical (unpaired) electrons. The summed E-state index contributed by atoms with van der Waals surface area (Å²) in [5.74, 6) is 1.67. The Bertz CT molecular complexity index is 925. The number of hydrogen-bond acceptors (Lipinski definition) is 5. The number of benzene rings is 1. The van der Waals surface area contributed by atoms with Crippen molar-refractivity contribution in [2.75, 3.05) is 13.1 Å². The number of nitrogens with one attached hydrogen (secondary N) is 3. The molecule has 11 heteroatoms. The fraction of sp³-hybridized carbons (Fsp3) is 0.526. The Morgan fingerprint density at radius 1 is 1.20 bits per heavy atom. The van der Waals surface area contributed by atoms with Gasteiger partial charge < -0.3 is 15.2 Å². The molecule has 9 nitrogen and oxygen atoms in total. The molecule has 3 N–H and O–H groups in total. The van der Waals surface area contributed by atoms with Gasteiger partial charge in [0.1, 0.15) is 12.2 Å². The molecule has 2 aromatic rings. The zero-order valence-corrected chi connectivity index (χ0v) is 20.5. The van der Waals surface area contributed by atoms with E-state index < -0.39 is 10.0 Å². The fourth-order valence-corrected chi connectivity index (χ4v) is 4.11. The summed E-state index contributed by atoms with van der Waals surface area (Å²) in [4.78, 5) is 4.88. The highest BCUT2D eigenvalue weighted by molar-refractivity contribution is 14.0. The molecule has 0 unspecified atom stereocenters. The van der Waals surface area contributed by atoms with Crippen LogP contribution in [-0.4, -0.2) is 48.3 Å². The molecule has 1 aliphatic carbocycles. The average molecular weight is 547 g/mol. The fourth-order valence-electron chi connectivity index (χ4n) is 2.81. The number of rotatable bonds is 10. The second kappa shape index (κ2) is 11.6. The van der Waals surface area contributed by atoms with Crippen LogP contribution in [0.15, 0.2) is 40.5 Å². The van der Waals surface area contributed by atoms with E-state index in [1.807, 2.05) is 11.5 Å². The van der Waals surface area contributed by atoms with Crippen LogP contribution in [-0.2, 0) is 29.5 Å². The molecule has 1 aromatic heterocycles. The topological polar surface area (TPSA) is 113 Å². The number of nitrogens with zero attached hydrogens (tertiary/aromatic N) is 4. The lowest BCUT2D eigenvalue weighted by Gasteiger charge is -2.12. The van der Waals surface area contributed by atoms with Crippen LogP contribution in [0.5, 0.6) is 0 Å². The molecule has 166 valence electrons. The molecule has 30 heavy (non-hydrogen) atoms. The zero-order chi connectivity index (χ0) is 20.7. The lowest BCUT2D eigenvalue weighted by Crippen LogP contribution is -2.38. The molecule has 1 saturated carbocycles. The maximum Gasteiger partial charge on any atom is 0.240 e. The van der Waals surface area contributed by atoms with Crippen molar-refractivity contribution in [2.24, 2.45) is 4.99 Å². The summed E-state index contributed by atoms with van der Waals surface area (Å²) in [7, 11) is -3.42. The van der Waals surface area contributed by atoms with Crippen molar-refractivity contribution in [1.82, 2.24) is 30.1 Å². The van der Waals surface area contributed by atoms with Gasteiger partial charge in [-0.15, -0.1) is 34.2 Å². The minimum Gasteiger partial charge on any atom is -0.357 e. The van der Waals surface area contributed by atoms with Crippen LogP contribution in [0.1, 0.15) is 38.1 Å². The number of halogens is 1. The van der Waals surface area contributed by atoms with Gasteiger partial charge in [0.2, 0.25) is 10.0 Å². The number of hydrogen-bond donors (Lipinski definition) is 3. The zero-order valence-electron chi connectivity index (χ0n) is 17.3. The molecular weight excluding hydrogens is 517 g/mol. The first-order valence-corrected chi connectivity index (χ1v) is 11.5. The van der Waals surface area contributed by atoms with Crippen LogP contribution in [0.25, 0.3) is 0 Å². The normalized spacial score (nSPS) is 14.3. The summed E-state index contributed by atoms with van der Waals surface area (Å²) < 4.78 is 29.2. The Morgan fingerprint density at radius 3 is 2.57 bits per heavy atom. The molecule has 0 amide bonds. The predicted octanol–water partition coefficient (Wildman–Crippen LogP) is 1.65. The van der Waals surface area contributed by atoms with Gasteiger partial charge in [-0.05, 0) is 37.5 Å². The molecule has 1 aliphatic rings. The van der Waals surface area contributed by atoms with Gasteiger partial charge in [0.25, 0.3) is 0 Å². The summed E-state index contributed by atoms with van der Waals surface area (Å²) in [5, 5.41) is 14.5. The lowest BCUT2D eigenvalue weighted by molar-refractivity contribution is 0.581. The van der Waals surface area contributed by atoms with E-state index >= 15 is 0 Å². The Kier molecular flexibility index (Phi) is 9.49. The second-order valence-corrected chi connectivity index (χ2v) is 8.67. The summed E-state index contributed by atoms with van der Waals surface area (Å²) in [5.41, 5.74) is 0.944. The van der Waals surface area contributed by atoms with Crippen molar-refractivity contribution in [3.8, 4) is 0 Å². The van der Waals surface area contributed by atoms with Gasteiger partial charge in [-0.25, -0.2) is 18.1 Å². The van der Waals surface area contributed by atoms with Crippen LogP contribution in [0.4, 0.5) is 0 Å². The maximum absolute atomic E-state index is 12.2. The summed E-state index contributed by atoms with van der Waals surface area (Å²) in [6, 6.07) is 6.98. The molecule has 0 saturated heterocycles. The first-order valence-electron chi connectivity index (χ1n) is 10.0. The van der Waals surface area contributed by atoms with Gasteiger partial charge in [-0.3, -0.25) is 0 Å². The van der Waals surface area contributed by atoms with Crippen molar-refractivity contribution < 1.29 is 8.42 Å². The molecule has 0 bridgehead atoms.